The predicted molar refractivity (Wildman–Crippen MR) is 105 cm³/mol. The summed E-state index contributed by atoms with van der Waals surface area (Å²) in [6, 6.07) is 14.2. The van der Waals surface area contributed by atoms with Crippen molar-refractivity contribution in [1.82, 2.24) is 0 Å². The van der Waals surface area contributed by atoms with E-state index in [0.29, 0.717) is 33.2 Å². The Morgan fingerprint density at radius 1 is 0.962 bits per heavy atom. The Kier molecular flexibility index (Phi) is 5.16. The third kappa shape index (κ3) is 3.82. The Morgan fingerprint density at radius 2 is 1.73 bits per heavy atom. The van der Waals surface area contributed by atoms with Crippen LogP contribution in [0.5, 0.6) is 0 Å². The zero-order valence-electron chi connectivity index (χ0n) is 13.8. The fraction of sp³-hybridized carbons (Fsp3) is 0.0500. The van der Waals surface area contributed by atoms with Gasteiger partial charge in [-0.2, -0.15) is 0 Å². The second-order valence-corrected chi connectivity index (χ2v) is 6.66. The van der Waals surface area contributed by atoms with Gasteiger partial charge in [0.2, 0.25) is 0 Å². The van der Waals surface area contributed by atoms with Crippen LogP contribution in [-0.2, 0) is 0 Å². The van der Waals surface area contributed by atoms with Crippen LogP contribution in [-0.4, -0.2) is 5.78 Å². The molecule has 0 aliphatic heterocycles. The van der Waals surface area contributed by atoms with E-state index >= 15 is 0 Å². The van der Waals surface area contributed by atoms with Gasteiger partial charge in [-0.15, -0.1) is 0 Å². The molecule has 0 radical (unpaired) electrons. The van der Waals surface area contributed by atoms with Gasteiger partial charge in [0.25, 0.3) is 0 Å². The molecule has 0 atom stereocenters. The molecule has 0 aliphatic rings. The van der Waals surface area contributed by atoms with Crippen LogP contribution in [0, 0.1) is 12.7 Å². The van der Waals surface area contributed by atoms with Crippen molar-refractivity contribution in [3.63, 3.8) is 0 Å². The molecule has 0 saturated carbocycles. The molecule has 0 amide bonds. The molecule has 26 heavy (non-hydrogen) atoms. The maximum atomic E-state index is 13.1. The molecule has 3 rings (SSSR count). The highest BCUT2D eigenvalue weighted by Gasteiger charge is 2.16. The van der Waals surface area contributed by atoms with Gasteiger partial charge >= 0.3 is 0 Å². The summed E-state index contributed by atoms with van der Waals surface area (Å²) >= 11 is 12.3. The number of rotatable bonds is 4. The Balaban J connectivity index is 1.90. The van der Waals surface area contributed by atoms with E-state index < -0.39 is 5.82 Å². The predicted octanol–water partition coefficient (Wildman–Crippen LogP) is 6.00. The molecule has 0 aliphatic carbocycles. The molecule has 3 aromatic rings. The van der Waals surface area contributed by atoms with Crippen molar-refractivity contribution in [3.8, 4) is 0 Å². The molecule has 6 heteroatoms. The Labute approximate surface area is 160 Å². The Hall–Kier alpha value is -2.56. The molecule has 0 aromatic heterocycles. The van der Waals surface area contributed by atoms with Crippen LogP contribution in [0.25, 0.3) is 0 Å². The molecule has 0 bridgehead atoms. The smallest absolute Gasteiger partial charge is 0.194 e. The zero-order chi connectivity index (χ0) is 18.8. The van der Waals surface area contributed by atoms with Gasteiger partial charge < -0.3 is 11.1 Å². The van der Waals surface area contributed by atoms with E-state index in [1.165, 1.54) is 18.2 Å². The van der Waals surface area contributed by atoms with Gasteiger partial charge in [-0.25, -0.2) is 4.39 Å². The lowest BCUT2D eigenvalue weighted by molar-refractivity contribution is 0.103. The van der Waals surface area contributed by atoms with Crippen molar-refractivity contribution in [2.75, 3.05) is 11.1 Å². The van der Waals surface area contributed by atoms with E-state index in [9.17, 15) is 9.18 Å². The van der Waals surface area contributed by atoms with Crippen LogP contribution in [0.15, 0.2) is 54.6 Å². The number of carbonyl (C=O) groups is 1. The van der Waals surface area contributed by atoms with E-state index in [0.717, 1.165) is 5.56 Å². The van der Waals surface area contributed by atoms with E-state index in [1.807, 2.05) is 6.92 Å². The van der Waals surface area contributed by atoms with Crippen LogP contribution in [0.1, 0.15) is 21.5 Å². The summed E-state index contributed by atoms with van der Waals surface area (Å²) in [7, 11) is 0. The van der Waals surface area contributed by atoms with Crippen LogP contribution in [0.3, 0.4) is 0 Å². The van der Waals surface area contributed by atoms with Gasteiger partial charge in [0, 0.05) is 22.5 Å². The third-order valence-electron chi connectivity index (χ3n) is 3.93. The van der Waals surface area contributed by atoms with Crippen molar-refractivity contribution in [2.45, 2.75) is 6.92 Å². The van der Waals surface area contributed by atoms with E-state index in [4.69, 9.17) is 28.9 Å². The van der Waals surface area contributed by atoms with E-state index in [2.05, 4.69) is 5.32 Å². The van der Waals surface area contributed by atoms with Crippen LogP contribution >= 0.6 is 23.2 Å². The van der Waals surface area contributed by atoms with Gasteiger partial charge in [0.15, 0.2) is 5.78 Å². The highest BCUT2D eigenvalue weighted by Crippen LogP contribution is 2.30. The molecule has 132 valence electrons. The number of aryl methyl sites for hydroxylation is 1. The lowest BCUT2D eigenvalue weighted by Crippen LogP contribution is -2.06. The van der Waals surface area contributed by atoms with Crippen molar-refractivity contribution in [3.05, 3.63) is 87.2 Å². The lowest BCUT2D eigenvalue weighted by atomic mass is 9.98. The van der Waals surface area contributed by atoms with Crippen molar-refractivity contribution in [1.29, 1.82) is 0 Å². The third-order valence-corrected chi connectivity index (χ3v) is 4.56. The number of nitrogens with one attached hydrogen (secondary N) is 1. The molecule has 0 fully saturated rings. The Bertz CT molecular complexity index is 1010. The highest BCUT2D eigenvalue weighted by atomic mass is 35.5. The molecular formula is C20H15Cl2FN2O. The summed E-state index contributed by atoms with van der Waals surface area (Å²) in [6.45, 7) is 1.84. The first-order chi connectivity index (χ1) is 12.3. The molecule has 3 aromatic carbocycles. The summed E-state index contributed by atoms with van der Waals surface area (Å²) in [5.41, 5.74) is 9.16. The normalized spacial score (nSPS) is 10.6. The van der Waals surface area contributed by atoms with Gasteiger partial charge in [-0.3, -0.25) is 4.79 Å². The number of hydrogen-bond donors (Lipinski definition) is 2. The van der Waals surface area contributed by atoms with Gasteiger partial charge in [0.1, 0.15) is 5.82 Å². The molecule has 3 nitrogen and oxygen atoms in total. The minimum absolute atomic E-state index is 0.203. The van der Waals surface area contributed by atoms with Gasteiger partial charge in [-0.1, -0.05) is 29.3 Å². The van der Waals surface area contributed by atoms with Crippen molar-refractivity contribution in [2.24, 2.45) is 0 Å². The van der Waals surface area contributed by atoms with Crippen LogP contribution < -0.4 is 11.1 Å². The fourth-order valence-corrected chi connectivity index (χ4v) is 3.03. The Morgan fingerprint density at radius 3 is 2.42 bits per heavy atom. The molecule has 0 saturated heterocycles. The van der Waals surface area contributed by atoms with Crippen LogP contribution in [0.4, 0.5) is 21.5 Å². The number of nitrogen functional groups attached to an aromatic ring is 1. The van der Waals surface area contributed by atoms with Crippen molar-refractivity contribution < 1.29 is 9.18 Å². The minimum atomic E-state index is -0.419. The summed E-state index contributed by atoms with van der Waals surface area (Å²) in [4.78, 5) is 12.8. The summed E-state index contributed by atoms with van der Waals surface area (Å²) in [6.07, 6.45) is 0. The number of halogens is 3. The second kappa shape index (κ2) is 7.36. The maximum Gasteiger partial charge on any atom is 0.194 e. The van der Waals surface area contributed by atoms with E-state index in [1.54, 1.807) is 36.4 Å². The standard InChI is InChI=1S/C20H15Cl2FN2O/c1-11-2-4-13(24)9-16(11)20(26)15-6-5-14(10-17(15)21)25-19-7-3-12(23)8-18(19)22/h2-10,25H,24H2,1H3. The second-order valence-electron chi connectivity index (χ2n) is 5.85. The average molecular weight is 389 g/mol. The lowest BCUT2D eigenvalue weighted by Gasteiger charge is -2.12. The van der Waals surface area contributed by atoms with E-state index in [-0.39, 0.29) is 10.8 Å². The largest absolute Gasteiger partial charge is 0.399 e. The minimum Gasteiger partial charge on any atom is -0.399 e. The first-order valence-electron chi connectivity index (χ1n) is 7.77. The summed E-state index contributed by atoms with van der Waals surface area (Å²) in [5.74, 6) is -0.622. The maximum absolute atomic E-state index is 13.1. The fourth-order valence-electron chi connectivity index (χ4n) is 2.55. The molecule has 0 heterocycles. The molecule has 0 spiro atoms. The molecular weight excluding hydrogens is 374 g/mol. The number of ketones is 1. The number of carbonyl (C=O) groups excluding carboxylic acids is 1. The molecule has 3 N–H and O–H groups in total. The number of hydrogen-bond acceptors (Lipinski definition) is 3. The zero-order valence-corrected chi connectivity index (χ0v) is 15.3. The first-order valence-corrected chi connectivity index (χ1v) is 8.53. The highest BCUT2D eigenvalue weighted by molar-refractivity contribution is 6.35. The van der Waals surface area contributed by atoms with Gasteiger partial charge in [0.05, 0.1) is 15.7 Å². The SMILES string of the molecule is Cc1ccc(N)cc1C(=O)c1ccc(Nc2ccc(F)cc2Cl)cc1Cl. The van der Waals surface area contributed by atoms with Crippen LogP contribution in [0.2, 0.25) is 10.0 Å². The monoisotopic (exact) mass is 388 g/mol. The number of anilines is 3. The first kappa shape index (κ1) is 18.2. The van der Waals surface area contributed by atoms with Crippen molar-refractivity contribution >= 4 is 46.0 Å². The average Bonchev–Trinajstić information content (AvgIpc) is 2.59. The quantitative estimate of drug-likeness (QED) is 0.425. The van der Waals surface area contributed by atoms with Gasteiger partial charge in [-0.05, 0) is 61.0 Å². The number of nitrogens with two attached hydrogens (primary N) is 1. The molecule has 0 unspecified atom stereocenters. The summed E-state index contributed by atoms with van der Waals surface area (Å²) < 4.78 is 13.1. The number of benzene rings is 3. The summed E-state index contributed by atoms with van der Waals surface area (Å²) in [5, 5.41) is 3.59. The topological polar surface area (TPSA) is 55.1 Å².